The Bertz CT molecular complexity index is 537. The minimum absolute atomic E-state index is 0.437. The summed E-state index contributed by atoms with van der Waals surface area (Å²) in [6.07, 6.45) is 1.50. The standard InChI is InChI=1S/C12H11N3O/c1-8-5-11(15-7-14-8)9-3-2-4-10(6-9)12(13)16/h2-7H,1H3,(H2,13,16). The molecule has 0 aliphatic carbocycles. The average molecular weight is 213 g/mol. The SMILES string of the molecule is Cc1cc(-c2cccc(C(N)=O)c2)ncn1. The Labute approximate surface area is 93.2 Å². The lowest BCUT2D eigenvalue weighted by Gasteiger charge is -2.02. The van der Waals surface area contributed by atoms with Crippen LogP contribution >= 0.6 is 0 Å². The van der Waals surface area contributed by atoms with Gasteiger partial charge in [0.05, 0.1) is 5.69 Å². The lowest BCUT2D eigenvalue weighted by atomic mass is 10.1. The first-order valence-electron chi connectivity index (χ1n) is 4.86. The maximum Gasteiger partial charge on any atom is 0.248 e. The summed E-state index contributed by atoms with van der Waals surface area (Å²) in [5.74, 6) is -0.437. The van der Waals surface area contributed by atoms with Crippen LogP contribution in [0.15, 0.2) is 36.7 Å². The average Bonchev–Trinajstić information content (AvgIpc) is 2.29. The van der Waals surface area contributed by atoms with Crippen molar-refractivity contribution in [3.63, 3.8) is 0 Å². The number of carbonyl (C=O) groups is 1. The van der Waals surface area contributed by atoms with Gasteiger partial charge in [0, 0.05) is 16.8 Å². The predicted octanol–water partition coefficient (Wildman–Crippen LogP) is 1.55. The molecule has 2 rings (SSSR count). The molecule has 80 valence electrons. The molecule has 0 spiro atoms. The van der Waals surface area contributed by atoms with Crippen molar-refractivity contribution in [3.05, 3.63) is 47.9 Å². The van der Waals surface area contributed by atoms with Gasteiger partial charge in [-0.15, -0.1) is 0 Å². The first kappa shape index (κ1) is 10.3. The van der Waals surface area contributed by atoms with Crippen molar-refractivity contribution in [1.82, 2.24) is 9.97 Å². The molecule has 4 nitrogen and oxygen atoms in total. The summed E-state index contributed by atoms with van der Waals surface area (Å²) >= 11 is 0. The molecule has 0 saturated heterocycles. The van der Waals surface area contributed by atoms with E-state index in [9.17, 15) is 4.79 Å². The van der Waals surface area contributed by atoms with Gasteiger partial charge in [-0.1, -0.05) is 12.1 Å². The summed E-state index contributed by atoms with van der Waals surface area (Å²) in [7, 11) is 0. The zero-order valence-corrected chi connectivity index (χ0v) is 8.84. The fourth-order valence-corrected chi connectivity index (χ4v) is 1.44. The molecule has 1 aromatic carbocycles. The number of rotatable bonds is 2. The van der Waals surface area contributed by atoms with Crippen LogP contribution in [0.1, 0.15) is 16.1 Å². The third kappa shape index (κ3) is 2.06. The normalized spacial score (nSPS) is 10.1. The van der Waals surface area contributed by atoms with Crippen molar-refractivity contribution in [3.8, 4) is 11.3 Å². The third-order valence-corrected chi connectivity index (χ3v) is 2.25. The van der Waals surface area contributed by atoms with E-state index in [4.69, 9.17) is 5.73 Å². The van der Waals surface area contributed by atoms with Gasteiger partial charge in [0.15, 0.2) is 0 Å². The van der Waals surface area contributed by atoms with Gasteiger partial charge in [-0.2, -0.15) is 0 Å². The number of hydrogen-bond acceptors (Lipinski definition) is 3. The first-order valence-corrected chi connectivity index (χ1v) is 4.86. The van der Waals surface area contributed by atoms with Crippen LogP contribution in [0, 0.1) is 6.92 Å². The van der Waals surface area contributed by atoms with E-state index in [-0.39, 0.29) is 0 Å². The van der Waals surface area contributed by atoms with Crippen LogP contribution < -0.4 is 5.73 Å². The maximum atomic E-state index is 11.0. The second-order valence-corrected chi connectivity index (χ2v) is 3.49. The fraction of sp³-hybridized carbons (Fsp3) is 0.0833. The first-order chi connectivity index (χ1) is 7.66. The molecule has 4 heteroatoms. The van der Waals surface area contributed by atoms with Crippen LogP contribution in [-0.4, -0.2) is 15.9 Å². The van der Waals surface area contributed by atoms with E-state index >= 15 is 0 Å². The Hall–Kier alpha value is -2.23. The number of primary amides is 1. The molecule has 1 amide bonds. The molecule has 1 aromatic heterocycles. The fourth-order valence-electron chi connectivity index (χ4n) is 1.44. The summed E-state index contributed by atoms with van der Waals surface area (Å²) in [4.78, 5) is 19.2. The molecular weight excluding hydrogens is 202 g/mol. The van der Waals surface area contributed by atoms with Gasteiger partial charge in [-0.25, -0.2) is 9.97 Å². The van der Waals surface area contributed by atoms with Crippen LogP contribution in [0.3, 0.4) is 0 Å². The summed E-state index contributed by atoms with van der Waals surface area (Å²) < 4.78 is 0. The van der Waals surface area contributed by atoms with Crippen molar-refractivity contribution < 1.29 is 4.79 Å². The van der Waals surface area contributed by atoms with Crippen molar-refractivity contribution in [2.75, 3.05) is 0 Å². The van der Waals surface area contributed by atoms with Gasteiger partial charge >= 0.3 is 0 Å². The Morgan fingerprint density at radius 1 is 1.25 bits per heavy atom. The molecule has 2 N–H and O–H groups in total. The highest BCUT2D eigenvalue weighted by atomic mass is 16.1. The zero-order chi connectivity index (χ0) is 11.5. The number of nitrogens with two attached hydrogens (primary N) is 1. The topological polar surface area (TPSA) is 68.9 Å². The summed E-state index contributed by atoms with van der Waals surface area (Å²) in [5, 5.41) is 0. The summed E-state index contributed by atoms with van der Waals surface area (Å²) in [5.41, 5.74) is 8.23. The Morgan fingerprint density at radius 2 is 2.06 bits per heavy atom. The molecule has 0 unspecified atom stereocenters. The monoisotopic (exact) mass is 213 g/mol. The van der Waals surface area contributed by atoms with E-state index in [0.717, 1.165) is 17.0 Å². The minimum atomic E-state index is -0.437. The van der Waals surface area contributed by atoms with Crippen LogP contribution in [0.2, 0.25) is 0 Å². The van der Waals surface area contributed by atoms with Gasteiger partial charge < -0.3 is 5.73 Å². The second-order valence-electron chi connectivity index (χ2n) is 3.49. The van der Waals surface area contributed by atoms with Crippen molar-refractivity contribution in [2.24, 2.45) is 5.73 Å². The Kier molecular flexibility index (Phi) is 2.64. The van der Waals surface area contributed by atoms with Crippen molar-refractivity contribution in [2.45, 2.75) is 6.92 Å². The molecule has 0 aliphatic heterocycles. The van der Waals surface area contributed by atoms with Gasteiger partial charge in [-0.3, -0.25) is 4.79 Å². The van der Waals surface area contributed by atoms with E-state index in [0.29, 0.717) is 5.56 Å². The van der Waals surface area contributed by atoms with Crippen molar-refractivity contribution in [1.29, 1.82) is 0 Å². The number of benzene rings is 1. The molecule has 2 aromatic rings. The van der Waals surface area contributed by atoms with E-state index in [1.807, 2.05) is 19.1 Å². The number of aromatic nitrogens is 2. The van der Waals surface area contributed by atoms with E-state index in [1.54, 1.807) is 18.2 Å². The Balaban J connectivity index is 2.48. The number of nitrogens with zero attached hydrogens (tertiary/aromatic N) is 2. The number of aryl methyl sites for hydroxylation is 1. The van der Waals surface area contributed by atoms with E-state index in [2.05, 4.69) is 9.97 Å². The second kappa shape index (κ2) is 4.10. The maximum absolute atomic E-state index is 11.0. The molecule has 0 fully saturated rings. The quantitative estimate of drug-likeness (QED) is 0.822. The van der Waals surface area contributed by atoms with E-state index in [1.165, 1.54) is 6.33 Å². The highest BCUT2D eigenvalue weighted by Gasteiger charge is 2.04. The molecule has 0 aliphatic rings. The van der Waals surface area contributed by atoms with Gasteiger partial charge in [-0.05, 0) is 25.1 Å². The predicted molar refractivity (Wildman–Crippen MR) is 60.7 cm³/mol. The van der Waals surface area contributed by atoms with Crippen LogP contribution in [-0.2, 0) is 0 Å². The van der Waals surface area contributed by atoms with Gasteiger partial charge in [0.25, 0.3) is 0 Å². The van der Waals surface area contributed by atoms with Crippen LogP contribution in [0.4, 0.5) is 0 Å². The smallest absolute Gasteiger partial charge is 0.248 e. The van der Waals surface area contributed by atoms with Crippen LogP contribution in [0.5, 0.6) is 0 Å². The molecular formula is C12H11N3O. The Morgan fingerprint density at radius 3 is 2.75 bits per heavy atom. The lowest BCUT2D eigenvalue weighted by molar-refractivity contribution is 0.100. The largest absolute Gasteiger partial charge is 0.366 e. The number of carbonyl (C=O) groups excluding carboxylic acids is 1. The number of hydrogen-bond donors (Lipinski definition) is 1. The lowest BCUT2D eigenvalue weighted by Crippen LogP contribution is -2.10. The molecule has 0 atom stereocenters. The highest BCUT2D eigenvalue weighted by Crippen LogP contribution is 2.17. The van der Waals surface area contributed by atoms with Crippen molar-refractivity contribution >= 4 is 5.91 Å². The van der Waals surface area contributed by atoms with Gasteiger partial charge in [0.2, 0.25) is 5.91 Å². The van der Waals surface area contributed by atoms with Crippen LogP contribution in [0.25, 0.3) is 11.3 Å². The van der Waals surface area contributed by atoms with E-state index < -0.39 is 5.91 Å². The molecule has 1 heterocycles. The summed E-state index contributed by atoms with van der Waals surface area (Å²) in [6.45, 7) is 1.89. The molecule has 0 bridgehead atoms. The number of amides is 1. The van der Waals surface area contributed by atoms with Gasteiger partial charge in [0.1, 0.15) is 6.33 Å². The highest BCUT2D eigenvalue weighted by molar-refractivity contribution is 5.93. The molecule has 0 radical (unpaired) electrons. The minimum Gasteiger partial charge on any atom is -0.366 e. The summed E-state index contributed by atoms with van der Waals surface area (Å²) in [6, 6.07) is 8.94. The zero-order valence-electron chi connectivity index (χ0n) is 8.84. The molecule has 16 heavy (non-hydrogen) atoms. The third-order valence-electron chi connectivity index (χ3n) is 2.25. The molecule has 0 saturated carbocycles.